The van der Waals surface area contributed by atoms with Crippen LogP contribution in [0.4, 0.5) is 10.1 Å². The van der Waals surface area contributed by atoms with E-state index in [0.29, 0.717) is 22.5 Å². The largest absolute Gasteiger partial charge is 0.284 e. The summed E-state index contributed by atoms with van der Waals surface area (Å²) < 4.78 is 67.3. The van der Waals surface area contributed by atoms with Crippen LogP contribution in [0, 0.1) is 5.82 Å². The Morgan fingerprint density at radius 3 is 2.18 bits per heavy atom. The molecule has 1 aliphatic heterocycles. The average molecular weight is 488 g/mol. The van der Waals surface area contributed by atoms with E-state index in [1.165, 1.54) is 24.3 Å². The van der Waals surface area contributed by atoms with E-state index in [-0.39, 0.29) is 17.1 Å². The Hall–Kier alpha value is -3.24. The minimum atomic E-state index is -3.96. The molecule has 0 radical (unpaired) electrons. The summed E-state index contributed by atoms with van der Waals surface area (Å²) in [5.74, 6) is -0.465. The molecule has 1 heterocycles. The number of anilines is 1. The van der Waals surface area contributed by atoms with Gasteiger partial charge in [-0.3, -0.25) is 4.72 Å². The van der Waals surface area contributed by atoms with E-state index in [9.17, 15) is 21.2 Å². The number of nitrogens with zero attached hydrogens (tertiary/aromatic N) is 2. The molecule has 1 N–H and O–H groups in total. The van der Waals surface area contributed by atoms with E-state index in [1.54, 1.807) is 61.5 Å². The van der Waals surface area contributed by atoms with Gasteiger partial charge < -0.3 is 0 Å². The van der Waals surface area contributed by atoms with Crippen molar-refractivity contribution in [2.24, 2.45) is 5.10 Å². The van der Waals surface area contributed by atoms with E-state index < -0.39 is 31.9 Å². The molecule has 1 unspecified atom stereocenters. The highest BCUT2D eigenvalue weighted by Gasteiger charge is 2.37. The quantitative estimate of drug-likeness (QED) is 0.542. The molecule has 1 aliphatic rings. The third kappa shape index (κ3) is 4.91. The summed E-state index contributed by atoms with van der Waals surface area (Å²) in [5.41, 5.74) is 2.20. The fourth-order valence-electron chi connectivity index (χ4n) is 3.50. The van der Waals surface area contributed by atoms with Gasteiger partial charge in [-0.15, -0.1) is 0 Å². The Balaban J connectivity index is 1.71. The third-order valence-corrected chi connectivity index (χ3v) is 8.29. The molecule has 0 aromatic heterocycles. The van der Waals surface area contributed by atoms with Crippen LogP contribution in [0.25, 0.3) is 0 Å². The fourth-order valence-corrected chi connectivity index (χ4v) is 5.59. The topological polar surface area (TPSA) is 95.9 Å². The zero-order valence-electron chi connectivity index (χ0n) is 17.7. The van der Waals surface area contributed by atoms with Crippen molar-refractivity contribution in [2.45, 2.75) is 24.3 Å². The zero-order valence-corrected chi connectivity index (χ0v) is 19.4. The van der Waals surface area contributed by atoms with Gasteiger partial charge in [0.25, 0.3) is 10.0 Å². The van der Waals surface area contributed by atoms with Gasteiger partial charge in [-0.25, -0.2) is 12.8 Å². The first-order chi connectivity index (χ1) is 15.7. The number of nitrogens with one attached hydrogen (secondary N) is 1. The second kappa shape index (κ2) is 8.95. The maximum atomic E-state index is 13.5. The Morgan fingerprint density at radius 1 is 0.939 bits per heavy atom. The van der Waals surface area contributed by atoms with Crippen LogP contribution in [0.1, 0.15) is 30.5 Å². The monoisotopic (exact) mass is 487 g/mol. The van der Waals surface area contributed by atoms with Crippen LogP contribution in [-0.2, 0) is 20.0 Å². The molecule has 0 saturated heterocycles. The first-order valence-electron chi connectivity index (χ1n) is 10.2. The number of hydrazone groups is 1. The molecule has 0 bridgehead atoms. The summed E-state index contributed by atoms with van der Waals surface area (Å²) in [6.45, 7) is 1.54. The number of hydrogen-bond acceptors (Lipinski definition) is 5. The van der Waals surface area contributed by atoms with Crippen molar-refractivity contribution in [3.63, 3.8) is 0 Å². The van der Waals surface area contributed by atoms with E-state index in [1.807, 2.05) is 0 Å². The first kappa shape index (κ1) is 22.9. The lowest BCUT2D eigenvalue weighted by Gasteiger charge is -2.23. The first-order valence-corrected chi connectivity index (χ1v) is 13.3. The van der Waals surface area contributed by atoms with Gasteiger partial charge in [-0.1, -0.05) is 42.5 Å². The zero-order chi connectivity index (χ0) is 23.6. The predicted octanol–water partition coefficient (Wildman–Crippen LogP) is 4.13. The lowest BCUT2D eigenvalue weighted by Crippen LogP contribution is -2.27. The molecule has 4 rings (SSSR count). The normalized spacial score (nSPS) is 16.5. The SMILES string of the molecule is CCS(=O)(=O)Nc1ccc(C2=NN(S(=O)(=O)c3ccccc3)C(c3ccc(F)cc3)C2)cc1. The van der Waals surface area contributed by atoms with Gasteiger partial charge in [0.2, 0.25) is 10.0 Å². The summed E-state index contributed by atoms with van der Waals surface area (Å²) in [6, 6.07) is 19.6. The van der Waals surface area contributed by atoms with Crippen molar-refractivity contribution in [3.05, 3.63) is 95.8 Å². The van der Waals surface area contributed by atoms with Crippen LogP contribution in [0.3, 0.4) is 0 Å². The van der Waals surface area contributed by atoms with Gasteiger partial charge in [-0.05, 0) is 54.4 Å². The van der Waals surface area contributed by atoms with E-state index >= 15 is 0 Å². The summed E-state index contributed by atoms with van der Waals surface area (Å²) in [4.78, 5) is 0.103. The predicted molar refractivity (Wildman–Crippen MR) is 125 cm³/mol. The maximum absolute atomic E-state index is 13.5. The van der Waals surface area contributed by atoms with Gasteiger partial charge in [0.1, 0.15) is 5.82 Å². The van der Waals surface area contributed by atoms with E-state index in [0.717, 1.165) is 4.41 Å². The molecule has 1 atom stereocenters. The second-order valence-corrected chi connectivity index (χ2v) is 11.3. The van der Waals surface area contributed by atoms with Gasteiger partial charge in [0.15, 0.2) is 0 Å². The summed E-state index contributed by atoms with van der Waals surface area (Å²) in [6.07, 6.45) is 0.276. The number of sulfonamides is 2. The van der Waals surface area contributed by atoms with Crippen molar-refractivity contribution in [2.75, 3.05) is 10.5 Å². The van der Waals surface area contributed by atoms with Crippen LogP contribution >= 0.6 is 0 Å². The van der Waals surface area contributed by atoms with Crippen LogP contribution in [0.15, 0.2) is 88.9 Å². The molecule has 10 heteroatoms. The standard InChI is InChI=1S/C23H22FN3O4S2/c1-2-32(28,29)26-20-14-10-17(11-15-20)22-16-23(18-8-12-19(24)13-9-18)27(25-22)33(30,31)21-6-4-3-5-7-21/h3-15,23,26H,2,16H2,1H3. The maximum Gasteiger partial charge on any atom is 0.279 e. The van der Waals surface area contributed by atoms with Crippen LogP contribution < -0.4 is 4.72 Å². The Kier molecular flexibility index (Phi) is 6.22. The average Bonchev–Trinajstić information content (AvgIpc) is 3.27. The number of rotatable bonds is 7. The number of hydrogen-bond donors (Lipinski definition) is 1. The minimum Gasteiger partial charge on any atom is -0.284 e. The van der Waals surface area contributed by atoms with Crippen molar-refractivity contribution in [1.82, 2.24) is 4.41 Å². The third-order valence-electron chi connectivity index (χ3n) is 5.29. The smallest absolute Gasteiger partial charge is 0.279 e. The lowest BCUT2D eigenvalue weighted by atomic mass is 9.99. The molecular weight excluding hydrogens is 465 g/mol. The molecule has 0 amide bonds. The van der Waals surface area contributed by atoms with Crippen molar-refractivity contribution < 1.29 is 21.2 Å². The molecular formula is C23H22FN3O4S2. The number of halogens is 1. The molecule has 0 aliphatic carbocycles. The molecule has 7 nitrogen and oxygen atoms in total. The highest BCUT2D eigenvalue weighted by atomic mass is 32.2. The highest BCUT2D eigenvalue weighted by Crippen LogP contribution is 2.37. The van der Waals surface area contributed by atoms with Crippen molar-refractivity contribution in [1.29, 1.82) is 0 Å². The molecule has 0 fully saturated rings. The van der Waals surface area contributed by atoms with E-state index in [2.05, 4.69) is 9.82 Å². The lowest BCUT2D eigenvalue weighted by molar-refractivity contribution is 0.371. The Bertz CT molecular complexity index is 1370. The molecule has 3 aromatic rings. The van der Waals surface area contributed by atoms with Gasteiger partial charge in [0.05, 0.1) is 22.4 Å². The highest BCUT2D eigenvalue weighted by molar-refractivity contribution is 7.92. The summed E-state index contributed by atoms with van der Waals surface area (Å²) in [7, 11) is -7.37. The van der Waals surface area contributed by atoms with Gasteiger partial charge in [0, 0.05) is 12.1 Å². The summed E-state index contributed by atoms with van der Waals surface area (Å²) in [5, 5.41) is 4.44. The molecule has 0 spiro atoms. The van der Waals surface area contributed by atoms with Crippen LogP contribution in [0.5, 0.6) is 0 Å². The molecule has 172 valence electrons. The van der Waals surface area contributed by atoms with Crippen molar-refractivity contribution in [3.8, 4) is 0 Å². The Labute approximate surface area is 192 Å². The second-order valence-electron chi connectivity index (χ2n) is 7.49. The van der Waals surface area contributed by atoms with Gasteiger partial charge in [-0.2, -0.15) is 17.9 Å². The van der Waals surface area contributed by atoms with Crippen LogP contribution in [0.2, 0.25) is 0 Å². The summed E-state index contributed by atoms with van der Waals surface area (Å²) >= 11 is 0. The molecule has 0 saturated carbocycles. The fraction of sp³-hybridized carbons (Fsp3) is 0.174. The Morgan fingerprint density at radius 2 is 1.58 bits per heavy atom. The van der Waals surface area contributed by atoms with Crippen molar-refractivity contribution >= 4 is 31.4 Å². The van der Waals surface area contributed by atoms with Gasteiger partial charge >= 0.3 is 0 Å². The number of benzene rings is 3. The van der Waals surface area contributed by atoms with E-state index in [4.69, 9.17) is 0 Å². The minimum absolute atomic E-state index is 0.0485. The molecule has 3 aromatic carbocycles. The molecule has 33 heavy (non-hydrogen) atoms. The van der Waals surface area contributed by atoms with Crippen LogP contribution in [-0.4, -0.2) is 32.7 Å².